The first kappa shape index (κ1) is 27.2. The number of aromatic hydroxyl groups is 1. The van der Waals surface area contributed by atoms with Crippen LogP contribution in [0.1, 0.15) is 23.1 Å². The van der Waals surface area contributed by atoms with Crippen LogP contribution in [0, 0.1) is 15.4 Å². The number of carbonyl (C=O) groups excluding carboxylic acids is 3. The van der Waals surface area contributed by atoms with Crippen molar-refractivity contribution in [3.8, 4) is 5.75 Å². The summed E-state index contributed by atoms with van der Waals surface area (Å²) < 4.78 is 0.770. The van der Waals surface area contributed by atoms with E-state index in [-0.39, 0.29) is 36.3 Å². The number of nitrogens with one attached hydrogen (secondary N) is 1. The maximum absolute atomic E-state index is 13.9. The molecule has 3 aliphatic carbocycles. The van der Waals surface area contributed by atoms with E-state index >= 15 is 0 Å². The summed E-state index contributed by atoms with van der Waals surface area (Å²) in [5.74, 6) is -6.57. The summed E-state index contributed by atoms with van der Waals surface area (Å²) >= 11 is 2.12. The molecular formula is C28H28IN3O7. The average molecular weight is 645 g/mol. The third-order valence-electron chi connectivity index (χ3n) is 8.00. The van der Waals surface area contributed by atoms with Crippen LogP contribution >= 0.6 is 22.6 Å². The third-order valence-corrected chi connectivity index (χ3v) is 8.96. The molecular weight excluding hydrogens is 617 g/mol. The van der Waals surface area contributed by atoms with Gasteiger partial charge in [0.15, 0.2) is 11.4 Å². The lowest BCUT2D eigenvalue weighted by atomic mass is 9.57. The van der Waals surface area contributed by atoms with E-state index in [2.05, 4.69) is 27.9 Å². The van der Waals surface area contributed by atoms with Crippen molar-refractivity contribution in [3.05, 3.63) is 73.6 Å². The Kier molecular flexibility index (Phi) is 6.72. The van der Waals surface area contributed by atoms with Gasteiger partial charge in [-0.15, -0.1) is 0 Å². The van der Waals surface area contributed by atoms with Gasteiger partial charge in [-0.1, -0.05) is 18.2 Å². The average Bonchev–Trinajstić information content (AvgIpc) is 2.87. The van der Waals surface area contributed by atoms with Crippen molar-refractivity contribution >= 4 is 51.5 Å². The number of likely N-dealkylation sites (N-methyl/N-ethyl adjacent to an activating group) is 1. The summed E-state index contributed by atoms with van der Waals surface area (Å²) in [6.45, 7) is 0.239. The standard InChI is InChI=1S/C28H28IN3O7/c1-32(2)21-16-9-12-8-15-17(29)10-13(11-31-14-6-4-3-5-7-14)22(33)19(15)23(34)18(12)25(36)28(16,39)26(37)20(24(21)35)27(30)38/h3-7,10,12,16,21,31,33-34,37,39H,8-9,11H2,1-2H3,(H2,30,38)/t12-,16-,21-,28-/m0/s1. The lowest BCUT2D eigenvalue weighted by Gasteiger charge is -2.50. The number of aliphatic hydroxyl groups is 3. The van der Waals surface area contributed by atoms with Gasteiger partial charge in [0, 0.05) is 32.9 Å². The molecule has 11 heteroatoms. The van der Waals surface area contributed by atoms with Crippen molar-refractivity contribution in [2.75, 3.05) is 19.4 Å². The maximum Gasteiger partial charge on any atom is 0.255 e. The predicted molar refractivity (Wildman–Crippen MR) is 151 cm³/mol. The summed E-state index contributed by atoms with van der Waals surface area (Å²) in [6, 6.07) is 10.1. The molecule has 204 valence electrons. The van der Waals surface area contributed by atoms with Crippen molar-refractivity contribution in [2.24, 2.45) is 17.6 Å². The Morgan fingerprint density at radius 1 is 1.18 bits per heavy atom. The van der Waals surface area contributed by atoms with Crippen molar-refractivity contribution in [1.29, 1.82) is 0 Å². The number of halogens is 1. The summed E-state index contributed by atoms with van der Waals surface area (Å²) in [4.78, 5) is 40.7. The van der Waals surface area contributed by atoms with Gasteiger partial charge in [0.05, 0.1) is 11.6 Å². The number of phenolic OH excluding ortho intramolecular Hbond substituents is 1. The molecule has 0 spiro atoms. The normalized spacial score (nSPS) is 26.3. The number of hydrogen-bond donors (Lipinski definition) is 6. The van der Waals surface area contributed by atoms with E-state index in [1.165, 1.54) is 4.90 Å². The molecule has 2 aromatic rings. The number of primary amides is 1. The topological polar surface area (TPSA) is 173 Å². The summed E-state index contributed by atoms with van der Waals surface area (Å²) in [7, 11) is 3.14. The summed E-state index contributed by atoms with van der Waals surface area (Å²) in [6.07, 6.45) is 0.312. The Bertz CT molecular complexity index is 1480. The molecule has 0 unspecified atom stereocenters. The molecule has 0 heterocycles. The fraction of sp³-hybridized carbons (Fsp3) is 0.321. The Hall–Kier alpha value is -3.42. The molecule has 3 aliphatic rings. The Morgan fingerprint density at radius 3 is 2.46 bits per heavy atom. The van der Waals surface area contributed by atoms with Crippen LogP contribution in [0.3, 0.4) is 0 Å². The second-order valence-corrected chi connectivity index (χ2v) is 11.6. The van der Waals surface area contributed by atoms with Crippen molar-refractivity contribution < 1.29 is 34.8 Å². The van der Waals surface area contributed by atoms with E-state index in [0.717, 1.165) is 9.26 Å². The minimum absolute atomic E-state index is 0.0555. The second-order valence-electron chi connectivity index (χ2n) is 10.4. The Morgan fingerprint density at radius 2 is 1.85 bits per heavy atom. The molecule has 5 rings (SSSR count). The Balaban J connectivity index is 1.63. The zero-order valence-electron chi connectivity index (χ0n) is 21.2. The van der Waals surface area contributed by atoms with Gasteiger partial charge >= 0.3 is 0 Å². The molecule has 0 aromatic heterocycles. The van der Waals surface area contributed by atoms with E-state index in [1.54, 1.807) is 14.1 Å². The highest BCUT2D eigenvalue weighted by molar-refractivity contribution is 14.1. The molecule has 0 saturated heterocycles. The van der Waals surface area contributed by atoms with Crippen LogP contribution in [-0.2, 0) is 27.3 Å². The van der Waals surface area contributed by atoms with Crippen LogP contribution in [0.15, 0.2) is 53.3 Å². The molecule has 7 N–H and O–H groups in total. The number of nitrogens with two attached hydrogens (primary N) is 1. The molecule has 10 nitrogen and oxygen atoms in total. The number of Topliss-reactive ketones (excluding diaryl/α,β-unsaturated/α-hetero) is 2. The zero-order chi connectivity index (χ0) is 28.4. The number of nitrogens with zero attached hydrogens (tertiary/aromatic N) is 1. The highest BCUT2D eigenvalue weighted by atomic mass is 127. The van der Waals surface area contributed by atoms with Gasteiger partial charge < -0.3 is 31.5 Å². The summed E-state index contributed by atoms with van der Waals surface area (Å²) in [5.41, 5.74) is 3.76. The van der Waals surface area contributed by atoms with Gasteiger partial charge in [-0.2, -0.15) is 0 Å². The van der Waals surface area contributed by atoms with Gasteiger partial charge in [0.2, 0.25) is 5.78 Å². The van der Waals surface area contributed by atoms with E-state index < -0.39 is 58.0 Å². The van der Waals surface area contributed by atoms with Gasteiger partial charge in [0.25, 0.3) is 5.91 Å². The summed E-state index contributed by atoms with van der Waals surface area (Å²) in [5, 5.41) is 48.5. The largest absolute Gasteiger partial charge is 0.508 e. The lowest BCUT2D eigenvalue weighted by molar-refractivity contribution is -0.153. The van der Waals surface area contributed by atoms with Crippen molar-refractivity contribution in [2.45, 2.75) is 31.0 Å². The maximum atomic E-state index is 13.9. The smallest absolute Gasteiger partial charge is 0.255 e. The lowest BCUT2D eigenvalue weighted by Crippen LogP contribution is -2.65. The molecule has 1 fully saturated rings. The molecule has 0 radical (unpaired) electrons. The number of phenols is 1. The molecule has 0 aliphatic heterocycles. The number of carbonyl (C=O) groups is 3. The highest BCUT2D eigenvalue weighted by Gasteiger charge is 2.64. The van der Waals surface area contributed by atoms with Crippen molar-refractivity contribution in [3.63, 3.8) is 0 Å². The highest BCUT2D eigenvalue weighted by Crippen LogP contribution is 2.53. The molecule has 2 aromatic carbocycles. The zero-order valence-corrected chi connectivity index (χ0v) is 23.4. The molecule has 1 amide bonds. The third kappa shape index (κ3) is 4.02. The predicted octanol–water partition coefficient (Wildman–Crippen LogP) is 2.18. The second kappa shape index (κ2) is 9.65. The number of rotatable bonds is 5. The van der Waals surface area contributed by atoms with E-state index in [4.69, 9.17) is 5.73 Å². The fourth-order valence-corrected chi connectivity index (χ4v) is 7.07. The minimum atomic E-state index is -2.65. The molecule has 0 bridgehead atoms. The minimum Gasteiger partial charge on any atom is -0.508 e. The number of para-hydroxylation sites is 1. The number of aliphatic hydroxyl groups excluding tert-OH is 2. The number of ketones is 2. The van der Waals surface area contributed by atoms with Crippen molar-refractivity contribution in [1.82, 2.24) is 4.90 Å². The molecule has 39 heavy (non-hydrogen) atoms. The number of benzene rings is 2. The van der Waals surface area contributed by atoms with Gasteiger partial charge in [0.1, 0.15) is 22.8 Å². The molecule has 1 saturated carbocycles. The van der Waals surface area contributed by atoms with Crippen LogP contribution in [0.5, 0.6) is 5.75 Å². The monoisotopic (exact) mass is 645 g/mol. The molecule has 4 atom stereocenters. The Labute approximate surface area is 238 Å². The van der Waals surface area contributed by atoms with E-state index in [0.29, 0.717) is 11.1 Å². The first-order chi connectivity index (χ1) is 18.4. The fourth-order valence-electron chi connectivity index (χ4n) is 6.21. The van der Waals surface area contributed by atoms with Crippen LogP contribution in [-0.4, -0.2) is 68.5 Å². The van der Waals surface area contributed by atoms with Crippen LogP contribution in [0.4, 0.5) is 5.69 Å². The number of fused-ring (bicyclic) bond motifs is 3. The van der Waals surface area contributed by atoms with E-state index in [1.807, 2.05) is 36.4 Å². The SMILES string of the molecule is CN(C)[C@@H]1C(=O)C(C(N)=O)=C(O)[C@@]2(O)C(=O)C3=C(O)c4c(O)c(CNc5ccccc5)cc(I)c4C[C@H]3C[C@@H]12. The van der Waals surface area contributed by atoms with Crippen LogP contribution < -0.4 is 11.1 Å². The number of hydrogen-bond acceptors (Lipinski definition) is 9. The quantitative estimate of drug-likeness (QED) is 0.211. The van der Waals surface area contributed by atoms with Crippen LogP contribution in [0.25, 0.3) is 5.76 Å². The number of amides is 1. The van der Waals surface area contributed by atoms with Gasteiger partial charge in [-0.05, 0) is 79.2 Å². The first-order valence-electron chi connectivity index (χ1n) is 12.4. The first-order valence-corrected chi connectivity index (χ1v) is 13.4. The van der Waals surface area contributed by atoms with Gasteiger partial charge in [-0.25, -0.2) is 0 Å². The van der Waals surface area contributed by atoms with Crippen LogP contribution in [0.2, 0.25) is 0 Å². The van der Waals surface area contributed by atoms with Gasteiger partial charge in [-0.3, -0.25) is 19.3 Å². The number of anilines is 1. The van der Waals surface area contributed by atoms with E-state index in [9.17, 15) is 34.8 Å².